The number of guanidine groups is 1. The molecule has 1 aliphatic heterocycles. The van der Waals surface area contributed by atoms with E-state index in [9.17, 15) is 0 Å². The molecule has 0 radical (unpaired) electrons. The molecule has 172 valence electrons. The molecule has 2 fully saturated rings. The number of hydrogen-bond acceptors (Lipinski definition) is 5. The van der Waals surface area contributed by atoms with Crippen LogP contribution in [0.25, 0.3) is 0 Å². The first-order chi connectivity index (χ1) is 14.3. The first-order valence-corrected chi connectivity index (χ1v) is 11.1. The quantitative estimate of drug-likeness (QED) is 0.186. The van der Waals surface area contributed by atoms with E-state index >= 15 is 0 Å². The maximum absolute atomic E-state index is 5.44. The van der Waals surface area contributed by atoms with E-state index in [0.717, 1.165) is 90.1 Å². The van der Waals surface area contributed by atoms with Crippen LogP contribution in [0.1, 0.15) is 37.9 Å². The third-order valence-electron chi connectivity index (χ3n) is 6.11. The first kappa shape index (κ1) is 25.4. The number of hydrogen-bond donors (Lipinski definition) is 2. The third kappa shape index (κ3) is 8.72. The van der Waals surface area contributed by atoms with E-state index in [4.69, 9.17) is 18.9 Å². The SMILES string of the molecule is COCCC1(CN=C(NCCCN2CCOCC2)NCCc2ccco2)CCC1.I. The van der Waals surface area contributed by atoms with Crippen molar-refractivity contribution in [2.75, 3.05) is 66.2 Å². The molecule has 30 heavy (non-hydrogen) atoms. The van der Waals surface area contributed by atoms with Crippen LogP contribution in [0, 0.1) is 5.41 Å². The lowest BCUT2D eigenvalue weighted by Gasteiger charge is -2.40. The zero-order valence-electron chi connectivity index (χ0n) is 18.4. The molecule has 3 rings (SSSR count). The summed E-state index contributed by atoms with van der Waals surface area (Å²) < 4.78 is 16.2. The highest BCUT2D eigenvalue weighted by Gasteiger charge is 2.36. The molecule has 1 saturated carbocycles. The van der Waals surface area contributed by atoms with E-state index in [-0.39, 0.29) is 24.0 Å². The monoisotopic (exact) mass is 534 g/mol. The van der Waals surface area contributed by atoms with Gasteiger partial charge >= 0.3 is 0 Å². The normalized spacial score (nSPS) is 19.0. The molecule has 7 nitrogen and oxygen atoms in total. The zero-order chi connectivity index (χ0) is 20.2. The van der Waals surface area contributed by atoms with Crippen molar-refractivity contribution in [1.82, 2.24) is 15.5 Å². The van der Waals surface area contributed by atoms with Crippen LogP contribution < -0.4 is 10.6 Å². The van der Waals surface area contributed by atoms with Gasteiger partial charge in [0, 0.05) is 52.9 Å². The van der Waals surface area contributed by atoms with Gasteiger partial charge in [-0.2, -0.15) is 0 Å². The second-order valence-electron chi connectivity index (χ2n) is 8.25. The van der Waals surface area contributed by atoms with Crippen molar-refractivity contribution in [1.29, 1.82) is 0 Å². The highest BCUT2D eigenvalue weighted by atomic mass is 127. The Labute approximate surface area is 198 Å². The molecular formula is C22H39IN4O3. The lowest BCUT2D eigenvalue weighted by atomic mass is 9.67. The smallest absolute Gasteiger partial charge is 0.191 e. The maximum Gasteiger partial charge on any atom is 0.191 e. The third-order valence-corrected chi connectivity index (χ3v) is 6.11. The minimum absolute atomic E-state index is 0. The average Bonchev–Trinajstić information content (AvgIpc) is 3.24. The van der Waals surface area contributed by atoms with Gasteiger partial charge in [-0.1, -0.05) is 6.42 Å². The summed E-state index contributed by atoms with van der Waals surface area (Å²) in [5.41, 5.74) is 0.333. The number of furan rings is 1. The molecule has 0 spiro atoms. The van der Waals surface area contributed by atoms with Crippen LogP contribution >= 0.6 is 24.0 Å². The summed E-state index contributed by atoms with van der Waals surface area (Å²) >= 11 is 0. The topological polar surface area (TPSA) is 71.3 Å². The van der Waals surface area contributed by atoms with Crippen molar-refractivity contribution in [3.63, 3.8) is 0 Å². The minimum Gasteiger partial charge on any atom is -0.469 e. The van der Waals surface area contributed by atoms with Crippen LogP contribution in [0.5, 0.6) is 0 Å². The number of methoxy groups -OCH3 is 1. The second kappa shape index (κ2) is 14.3. The molecule has 2 aliphatic rings. The Morgan fingerprint density at radius 3 is 2.70 bits per heavy atom. The fourth-order valence-electron chi connectivity index (χ4n) is 4.00. The fourth-order valence-corrected chi connectivity index (χ4v) is 4.00. The van der Waals surface area contributed by atoms with Crippen LogP contribution in [0.15, 0.2) is 27.8 Å². The molecule has 1 aromatic heterocycles. The summed E-state index contributed by atoms with van der Waals surface area (Å²) in [4.78, 5) is 7.42. The number of rotatable bonds is 12. The summed E-state index contributed by atoms with van der Waals surface area (Å²) in [6, 6.07) is 3.95. The van der Waals surface area contributed by atoms with Gasteiger partial charge in [0.2, 0.25) is 0 Å². The second-order valence-corrected chi connectivity index (χ2v) is 8.25. The van der Waals surface area contributed by atoms with E-state index in [1.54, 1.807) is 13.4 Å². The summed E-state index contributed by atoms with van der Waals surface area (Å²) in [6.07, 6.45) is 8.62. The molecule has 0 amide bonds. The molecule has 0 atom stereocenters. The Bertz CT molecular complexity index is 587. The molecule has 1 aliphatic carbocycles. The van der Waals surface area contributed by atoms with Crippen molar-refractivity contribution < 1.29 is 13.9 Å². The number of ether oxygens (including phenoxy) is 2. The largest absolute Gasteiger partial charge is 0.469 e. The van der Waals surface area contributed by atoms with Gasteiger partial charge in [-0.15, -0.1) is 24.0 Å². The molecule has 0 aromatic carbocycles. The van der Waals surface area contributed by atoms with E-state index in [2.05, 4.69) is 15.5 Å². The molecule has 1 saturated heterocycles. The number of aliphatic imine (C=N–C) groups is 1. The van der Waals surface area contributed by atoms with Crippen LogP contribution in [0.3, 0.4) is 0 Å². The van der Waals surface area contributed by atoms with E-state index in [1.165, 1.54) is 19.3 Å². The van der Waals surface area contributed by atoms with Crippen molar-refractivity contribution in [3.8, 4) is 0 Å². The molecule has 2 N–H and O–H groups in total. The molecule has 0 bridgehead atoms. The van der Waals surface area contributed by atoms with E-state index < -0.39 is 0 Å². The van der Waals surface area contributed by atoms with Crippen LogP contribution in [-0.2, 0) is 15.9 Å². The Morgan fingerprint density at radius 2 is 2.03 bits per heavy atom. The van der Waals surface area contributed by atoms with Gasteiger partial charge in [-0.3, -0.25) is 9.89 Å². The van der Waals surface area contributed by atoms with Gasteiger partial charge in [0.25, 0.3) is 0 Å². The predicted octanol–water partition coefficient (Wildman–Crippen LogP) is 2.90. The van der Waals surface area contributed by atoms with Gasteiger partial charge in [0.15, 0.2) is 5.96 Å². The highest BCUT2D eigenvalue weighted by molar-refractivity contribution is 14.0. The Morgan fingerprint density at radius 1 is 1.23 bits per heavy atom. The number of nitrogens with one attached hydrogen (secondary N) is 2. The van der Waals surface area contributed by atoms with Crippen LogP contribution in [-0.4, -0.2) is 77.1 Å². The minimum atomic E-state index is 0. The van der Waals surface area contributed by atoms with E-state index in [1.807, 2.05) is 12.1 Å². The molecule has 1 aromatic rings. The summed E-state index contributed by atoms with van der Waals surface area (Å²) in [6.45, 7) is 8.35. The molecule has 8 heteroatoms. The van der Waals surface area contributed by atoms with Gasteiger partial charge in [0.05, 0.1) is 19.5 Å². The fraction of sp³-hybridized carbons (Fsp3) is 0.773. The van der Waals surface area contributed by atoms with Gasteiger partial charge < -0.3 is 24.5 Å². The summed E-state index contributed by atoms with van der Waals surface area (Å²) in [7, 11) is 1.78. The maximum atomic E-state index is 5.44. The molecular weight excluding hydrogens is 495 g/mol. The summed E-state index contributed by atoms with van der Waals surface area (Å²) in [5.74, 6) is 1.92. The van der Waals surface area contributed by atoms with Crippen molar-refractivity contribution in [2.45, 2.75) is 38.5 Å². The summed E-state index contributed by atoms with van der Waals surface area (Å²) in [5, 5.41) is 7.02. The first-order valence-electron chi connectivity index (χ1n) is 11.1. The molecule has 0 unspecified atom stereocenters. The number of nitrogens with zero attached hydrogens (tertiary/aromatic N) is 2. The lowest BCUT2D eigenvalue weighted by molar-refractivity contribution is 0.0376. The van der Waals surface area contributed by atoms with Gasteiger partial charge in [-0.05, 0) is 49.8 Å². The zero-order valence-corrected chi connectivity index (χ0v) is 20.7. The Kier molecular flexibility index (Phi) is 12.1. The standard InChI is InChI=1S/C22H38N4O3.HI/c1-27-16-9-22(7-3-8-22)19-25-21(24-11-6-20-5-2-15-29-20)23-10-4-12-26-13-17-28-18-14-26;/h2,5,15H,3-4,6-14,16-19H2,1H3,(H2,23,24,25);1H. The van der Waals surface area contributed by atoms with Crippen LogP contribution in [0.2, 0.25) is 0 Å². The average molecular weight is 534 g/mol. The highest BCUT2D eigenvalue weighted by Crippen LogP contribution is 2.44. The van der Waals surface area contributed by atoms with Crippen molar-refractivity contribution in [3.05, 3.63) is 24.2 Å². The molecule has 2 heterocycles. The van der Waals surface area contributed by atoms with Crippen molar-refractivity contribution >= 4 is 29.9 Å². The number of halogens is 1. The lowest BCUT2D eigenvalue weighted by Crippen LogP contribution is -2.42. The predicted molar refractivity (Wildman–Crippen MR) is 131 cm³/mol. The van der Waals surface area contributed by atoms with E-state index in [0.29, 0.717) is 5.41 Å². The van der Waals surface area contributed by atoms with Crippen molar-refractivity contribution in [2.24, 2.45) is 10.4 Å². The Hall–Kier alpha value is -0.840. The van der Waals surface area contributed by atoms with Crippen LogP contribution in [0.4, 0.5) is 0 Å². The Balaban J connectivity index is 0.00000320. The van der Waals surface area contributed by atoms with Gasteiger partial charge in [-0.25, -0.2) is 0 Å². The number of morpholine rings is 1. The van der Waals surface area contributed by atoms with Gasteiger partial charge in [0.1, 0.15) is 5.76 Å².